The second kappa shape index (κ2) is 6.41. The van der Waals surface area contributed by atoms with Crippen molar-refractivity contribution in [2.24, 2.45) is 5.92 Å². The van der Waals surface area contributed by atoms with E-state index < -0.39 is 0 Å². The number of hydrogen-bond acceptors (Lipinski definition) is 1. The smallest absolute Gasteiger partial charge is 0.0543 e. The van der Waals surface area contributed by atoms with Gasteiger partial charge < -0.3 is 4.74 Å². The van der Waals surface area contributed by atoms with Gasteiger partial charge in [-0.15, -0.1) is 6.58 Å². The third kappa shape index (κ3) is 6.11. The van der Waals surface area contributed by atoms with Crippen molar-refractivity contribution >= 4 is 0 Å². The molecule has 2 unspecified atom stereocenters. The van der Waals surface area contributed by atoms with Gasteiger partial charge in [0.2, 0.25) is 0 Å². The standard InChI is InChI=1S/C10H20O/c1-5-9(2)7-6-8-10(3)11-4/h5,9-10H,1,6-8H2,2-4H3. The number of methoxy groups -OCH3 is 1. The Morgan fingerprint density at radius 1 is 1.36 bits per heavy atom. The third-order valence-corrected chi connectivity index (χ3v) is 2.07. The lowest BCUT2D eigenvalue weighted by atomic mass is 10.0. The van der Waals surface area contributed by atoms with Gasteiger partial charge >= 0.3 is 0 Å². The van der Waals surface area contributed by atoms with Crippen LogP contribution in [0.4, 0.5) is 0 Å². The van der Waals surface area contributed by atoms with Crippen LogP contribution in [0.5, 0.6) is 0 Å². The van der Waals surface area contributed by atoms with Gasteiger partial charge in [-0.3, -0.25) is 0 Å². The number of ether oxygens (including phenoxy) is 1. The maximum absolute atomic E-state index is 5.14. The lowest BCUT2D eigenvalue weighted by Crippen LogP contribution is -2.04. The zero-order chi connectivity index (χ0) is 8.69. The highest BCUT2D eigenvalue weighted by Crippen LogP contribution is 2.10. The largest absolute Gasteiger partial charge is 0.382 e. The summed E-state index contributed by atoms with van der Waals surface area (Å²) in [6.45, 7) is 8.06. The molecule has 0 aromatic heterocycles. The fourth-order valence-corrected chi connectivity index (χ4v) is 0.963. The maximum atomic E-state index is 5.14. The van der Waals surface area contributed by atoms with Crippen LogP contribution in [0, 0.1) is 5.92 Å². The Bertz CT molecular complexity index is 99.0. The van der Waals surface area contributed by atoms with Crippen LogP contribution in [0.3, 0.4) is 0 Å². The van der Waals surface area contributed by atoms with Gasteiger partial charge in [0.25, 0.3) is 0 Å². The summed E-state index contributed by atoms with van der Waals surface area (Å²) in [6.07, 6.45) is 6.05. The first-order chi connectivity index (χ1) is 5.20. The van der Waals surface area contributed by atoms with Gasteiger partial charge in [-0.05, 0) is 25.7 Å². The molecule has 0 aromatic carbocycles. The minimum absolute atomic E-state index is 0.409. The molecule has 0 aliphatic carbocycles. The summed E-state index contributed by atoms with van der Waals surface area (Å²) < 4.78 is 5.14. The van der Waals surface area contributed by atoms with Crippen molar-refractivity contribution < 1.29 is 4.74 Å². The van der Waals surface area contributed by atoms with Crippen molar-refractivity contribution in [3.05, 3.63) is 12.7 Å². The highest BCUT2D eigenvalue weighted by Gasteiger charge is 2.00. The van der Waals surface area contributed by atoms with Crippen molar-refractivity contribution in [2.75, 3.05) is 7.11 Å². The Hall–Kier alpha value is -0.300. The summed E-state index contributed by atoms with van der Waals surface area (Å²) in [4.78, 5) is 0. The molecular formula is C10H20O. The molecule has 0 N–H and O–H groups in total. The molecule has 2 atom stereocenters. The van der Waals surface area contributed by atoms with Crippen LogP contribution in [0.1, 0.15) is 33.1 Å². The van der Waals surface area contributed by atoms with Crippen molar-refractivity contribution in [1.29, 1.82) is 0 Å². The molecule has 0 radical (unpaired) electrons. The van der Waals surface area contributed by atoms with Gasteiger partial charge in [0.15, 0.2) is 0 Å². The summed E-state index contributed by atoms with van der Waals surface area (Å²) in [5, 5.41) is 0. The average molecular weight is 156 g/mol. The van der Waals surface area contributed by atoms with Crippen molar-refractivity contribution in [2.45, 2.75) is 39.2 Å². The first kappa shape index (κ1) is 10.7. The van der Waals surface area contributed by atoms with Crippen molar-refractivity contribution in [3.63, 3.8) is 0 Å². The molecule has 0 fully saturated rings. The molecule has 0 aliphatic heterocycles. The predicted molar refractivity (Wildman–Crippen MR) is 49.7 cm³/mol. The lowest BCUT2D eigenvalue weighted by molar-refractivity contribution is 0.108. The number of hydrogen-bond donors (Lipinski definition) is 0. The molecule has 0 heterocycles. The minimum atomic E-state index is 0.409. The monoisotopic (exact) mass is 156 g/mol. The van der Waals surface area contributed by atoms with Crippen molar-refractivity contribution in [1.82, 2.24) is 0 Å². The molecule has 0 rings (SSSR count). The van der Waals surface area contributed by atoms with Gasteiger partial charge in [0, 0.05) is 7.11 Å². The predicted octanol–water partition coefficient (Wildman–Crippen LogP) is 3.01. The van der Waals surface area contributed by atoms with Crippen LogP contribution in [0.2, 0.25) is 0 Å². The summed E-state index contributed by atoms with van der Waals surface area (Å²) in [7, 11) is 1.77. The fourth-order valence-electron chi connectivity index (χ4n) is 0.963. The minimum Gasteiger partial charge on any atom is -0.382 e. The molecule has 0 spiro atoms. The number of rotatable bonds is 6. The Labute approximate surface area is 70.4 Å². The molecule has 0 bridgehead atoms. The quantitative estimate of drug-likeness (QED) is 0.537. The molecule has 1 nitrogen and oxygen atoms in total. The van der Waals surface area contributed by atoms with Crippen LogP contribution in [0.15, 0.2) is 12.7 Å². The second-order valence-corrected chi connectivity index (χ2v) is 3.19. The molecule has 0 saturated heterocycles. The summed E-state index contributed by atoms with van der Waals surface area (Å²) in [5.41, 5.74) is 0. The molecule has 0 aromatic rings. The zero-order valence-electron chi connectivity index (χ0n) is 7.97. The fraction of sp³-hybridized carbons (Fsp3) is 0.800. The lowest BCUT2D eigenvalue weighted by Gasteiger charge is -2.10. The Morgan fingerprint density at radius 3 is 2.45 bits per heavy atom. The van der Waals surface area contributed by atoms with Gasteiger partial charge in [-0.25, -0.2) is 0 Å². The highest BCUT2D eigenvalue weighted by molar-refractivity contribution is 4.74. The van der Waals surface area contributed by atoms with Gasteiger partial charge in [-0.2, -0.15) is 0 Å². The molecule has 1 heteroatoms. The Morgan fingerprint density at radius 2 is 2.00 bits per heavy atom. The van der Waals surface area contributed by atoms with Gasteiger partial charge in [-0.1, -0.05) is 19.4 Å². The van der Waals surface area contributed by atoms with E-state index in [1.807, 2.05) is 6.08 Å². The first-order valence-electron chi connectivity index (χ1n) is 4.36. The molecule has 0 saturated carbocycles. The van der Waals surface area contributed by atoms with Crippen LogP contribution < -0.4 is 0 Å². The molecule has 11 heavy (non-hydrogen) atoms. The van der Waals surface area contributed by atoms with E-state index in [2.05, 4.69) is 20.4 Å². The topological polar surface area (TPSA) is 9.23 Å². The van der Waals surface area contributed by atoms with E-state index in [1.165, 1.54) is 12.8 Å². The van der Waals surface area contributed by atoms with E-state index in [4.69, 9.17) is 4.74 Å². The molecular weight excluding hydrogens is 136 g/mol. The van der Waals surface area contributed by atoms with E-state index in [9.17, 15) is 0 Å². The van der Waals surface area contributed by atoms with Gasteiger partial charge in [0.1, 0.15) is 0 Å². The summed E-state index contributed by atoms with van der Waals surface area (Å²) in [6, 6.07) is 0. The van der Waals surface area contributed by atoms with Crippen LogP contribution in [-0.2, 0) is 4.74 Å². The van der Waals surface area contributed by atoms with Crippen LogP contribution in [0.25, 0.3) is 0 Å². The third-order valence-electron chi connectivity index (χ3n) is 2.07. The van der Waals surface area contributed by atoms with E-state index in [0.29, 0.717) is 12.0 Å². The Balaban J connectivity index is 3.19. The van der Waals surface area contributed by atoms with Crippen LogP contribution >= 0.6 is 0 Å². The summed E-state index contributed by atoms with van der Waals surface area (Å²) in [5.74, 6) is 0.652. The average Bonchev–Trinajstić information content (AvgIpc) is 2.04. The molecule has 0 amide bonds. The van der Waals surface area contributed by atoms with Gasteiger partial charge in [0.05, 0.1) is 6.10 Å². The second-order valence-electron chi connectivity index (χ2n) is 3.19. The van der Waals surface area contributed by atoms with E-state index in [1.54, 1.807) is 7.11 Å². The highest BCUT2D eigenvalue weighted by atomic mass is 16.5. The molecule has 0 aliphatic rings. The van der Waals surface area contributed by atoms with E-state index in [-0.39, 0.29) is 0 Å². The van der Waals surface area contributed by atoms with E-state index in [0.717, 1.165) is 6.42 Å². The normalized spacial score (nSPS) is 15.9. The Kier molecular flexibility index (Phi) is 6.24. The molecule has 66 valence electrons. The van der Waals surface area contributed by atoms with E-state index >= 15 is 0 Å². The maximum Gasteiger partial charge on any atom is 0.0543 e. The van der Waals surface area contributed by atoms with Crippen molar-refractivity contribution in [3.8, 4) is 0 Å². The SMILES string of the molecule is C=CC(C)CCCC(C)OC. The summed E-state index contributed by atoms with van der Waals surface area (Å²) >= 11 is 0. The number of allylic oxidation sites excluding steroid dienone is 1. The zero-order valence-corrected chi connectivity index (χ0v) is 7.97. The van der Waals surface area contributed by atoms with Crippen LogP contribution in [-0.4, -0.2) is 13.2 Å². The first-order valence-corrected chi connectivity index (χ1v) is 4.36.